The molecule has 2 aromatic rings. The van der Waals surface area contributed by atoms with Gasteiger partial charge < -0.3 is 19.7 Å². The van der Waals surface area contributed by atoms with Gasteiger partial charge in [0.05, 0.1) is 19.8 Å². The van der Waals surface area contributed by atoms with Crippen LogP contribution in [0, 0.1) is 5.82 Å². The van der Waals surface area contributed by atoms with Gasteiger partial charge in [-0.05, 0) is 48.5 Å². The first-order valence-electron chi connectivity index (χ1n) is 8.32. The smallest absolute Gasteiger partial charge is 0.251 e. The summed E-state index contributed by atoms with van der Waals surface area (Å²) >= 11 is 0. The first-order chi connectivity index (χ1) is 12.2. The predicted molar refractivity (Wildman–Crippen MR) is 93.7 cm³/mol. The summed E-state index contributed by atoms with van der Waals surface area (Å²) in [6.45, 7) is 3.90. The van der Waals surface area contributed by atoms with Crippen molar-refractivity contribution in [1.82, 2.24) is 5.32 Å². The molecule has 1 N–H and O–H groups in total. The van der Waals surface area contributed by atoms with E-state index >= 15 is 0 Å². The number of rotatable bonds is 6. The molecule has 1 fully saturated rings. The molecule has 0 bridgehead atoms. The number of anilines is 1. The molecular weight excluding hydrogens is 323 g/mol. The van der Waals surface area contributed by atoms with Crippen LogP contribution in [-0.4, -0.2) is 45.4 Å². The van der Waals surface area contributed by atoms with Crippen molar-refractivity contribution >= 4 is 11.6 Å². The summed E-state index contributed by atoms with van der Waals surface area (Å²) in [5, 5.41) is 2.81. The number of ether oxygens (including phenoxy) is 2. The number of carbonyl (C=O) groups excluding carboxylic acids is 1. The van der Waals surface area contributed by atoms with Gasteiger partial charge in [0.25, 0.3) is 5.91 Å². The second-order valence-electron chi connectivity index (χ2n) is 5.70. The largest absolute Gasteiger partial charge is 0.492 e. The predicted octanol–water partition coefficient (Wildman–Crippen LogP) is 2.47. The normalized spacial score (nSPS) is 14.2. The monoisotopic (exact) mass is 344 g/mol. The number of hydrogen-bond acceptors (Lipinski definition) is 4. The maximum Gasteiger partial charge on any atom is 0.251 e. The van der Waals surface area contributed by atoms with Crippen LogP contribution in [0.3, 0.4) is 0 Å². The van der Waals surface area contributed by atoms with E-state index in [4.69, 9.17) is 9.47 Å². The minimum atomic E-state index is -0.304. The van der Waals surface area contributed by atoms with E-state index in [0.29, 0.717) is 24.5 Å². The molecule has 1 aliphatic heterocycles. The zero-order chi connectivity index (χ0) is 17.5. The Morgan fingerprint density at radius 3 is 2.44 bits per heavy atom. The fourth-order valence-electron chi connectivity index (χ4n) is 2.61. The minimum absolute atomic E-state index is 0.142. The van der Waals surface area contributed by atoms with Crippen LogP contribution < -0.4 is 15.0 Å². The molecule has 2 aromatic carbocycles. The lowest BCUT2D eigenvalue weighted by molar-refractivity contribution is 0.0947. The van der Waals surface area contributed by atoms with Gasteiger partial charge in [-0.3, -0.25) is 4.79 Å². The van der Waals surface area contributed by atoms with Crippen LogP contribution in [0.2, 0.25) is 0 Å². The maximum atomic E-state index is 12.8. The van der Waals surface area contributed by atoms with Crippen LogP contribution >= 0.6 is 0 Å². The summed E-state index contributed by atoms with van der Waals surface area (Å²) in [4.78, 5) is 14.4. The zero-order valence-corrected chi connectivity index (χ0v) is 13.9. The molecule has 0 aliphatic carbocycles. The van der Waals surface area contributed by atoms with E-state index in [0.717, 1.165) is 32.0 Å². The molecule has 3 rings (SSSR count). The number of halogens is 1. The molecular formula is C19H21FN2O3. The van der Waals surface area contributed by atoms with Crippen molar-refractivity contribution < 1.29 is 18.7 Å². The third-order valence-corrected chi connectivity index (χ3v) is 3.98. The van der Waals surface area contributed by atoms with Gasteiger partial charge in [0, 0.05) is 24.3 Å². The van der Waals surface area contributed by atoms with E-state index in [2.05, 4.69) is 10.2 Å². The highest BCUT2D eigenvalue weighted by Crippen LogP contribution is 2.16. The SMILES string of the molecule is O=C(NCCOc1ccc(F)cc1)c1ccc(N2CCOCC2)cc1. The Hall–Kier alpha value is -2.60. The quantitative estimate of drug-likeness (QED) is 0.818. The van der Waals surface area contributed by atoms with E-state index in [1.165, 1.54) is 12.1 Å². The highest BCUT2D eigenvalue weighted by Gasteiger charge is 2.12. The van der Waals surface area contributed by atoms with Crippen LogP contribution in [0.15, 0.2) is 48.5 Å². The summed E-state index contributed by atoms with van der Waals surface area (Å²) in [5.74, 6) is 0.128. The fraction of sp³-hybridized carbons (Fsp3) is 0.316. The molecule has 1 aliphatic rings. The van der Waals surface area contributed by atoms with Gasteiger partial charge in [0.2, 0.25) is 0 Å². The number of amides is 1. The van der Waals surface area contributed by atoms with E-state index < -0.39 is 0 Å². The van der Waals surface area contributed by atoms with Crippen LogP contribution in [-0.2, 0) is 4.74 Å². The van der Waals surface area contributed by atoms with Crippen LogP contribution in [0.5, 0.6) is 5.75 Å². The molecule has 132 valence electrons. The van der Waals surface area contributed by atoms with Crippen LogP contribution in [0.1, 0.15) is 10.4 Å². The lowest BCUT2D eigenvalue weighted by Crippen LogP contribution is -2.36. The van der Waals surface area contributed by atoms with Crippen molar-refractivity contribution in [2.24, 2.45) is 0 Å². The van der Waals surface area contributed by atoms with Gasteiger partial charge in [-0.1, -0.05) is 0 Å². The van der Waals surface area contributed by atoms with Crippen molar-refractivity contribution in [2.45, 2.75) is 0 Å². The van der Waals surface area contributed by atoms with Gasteiger partial charge in [-0.15, -0.1) is 0 Å². The maximum absolute atomic E-state index is 12.8. The molecule has 0 saturated carbocycles. The number of morpholine rings is 1. The number of hydrogen-bond donors (Lipinski definition) is 1. The van der Waals surface area contributed by atoms with Gasteiger partial charge in [0.15, 0.2) is 0 Å². The summed E-state index contributed by atoms with van der Waals surface area (Å²) in [7, 11) is 0. The van der Waals surface area contributed by atoms with Crippen LogP contribution in [0.25, 0.3) is 0 Å². The molecule has 25 heavy (non-hydrogen) atoms. The third kappa shape index (κ3) is 4.93. The molecule has 1 amide bonds. The Morgan fingerprint density at radius 2 is 1.76 bits per heavy atom. The number of nitrogens with one attached hydrogen (secondary N) is 1. The minimum Gasteiger partial charge on any atom is -0.492 e. The van der Waals surface area contributed by atoms with E-state index in [1.54, 1.807) is 12.1 Å². The lowest BCUT2D eigenvalue weighted by atomic mass is 10.1. The Morgan fingerprint density at radius 1 is 1.08 bits per heavy atom. The standard InChI is InChI=1S/C19H21FN2O3/c20-16-3-7-18(8-4-16)25-12-9-21-19(23)15-1-5-17(6-2-15)22-10-13-24-14-11-22/h1-8H,9-14H2,(H,21,23). The highest BCUT2D eigenvalue weighted by atomic mass is 19.1. The molecule has 0 spiro atoms. The Kier molecular flexibility index (Phi) is 5.85. The summed E-state index contributed by atoms with van der Waals surface area (Å²) in [5.41, 5.74) is 1.71. The average Bonchev–Trinajstić information content (AvgIpc) is 2.67. The average molecular weight is 344 g/mol. The zero-order valence-electron chi connectivity index (χ0n) is 13.9. The topological polar surface area (TPSA) is 50.8 Å². The fourth-order valence-corrected chi connectivity index (χ4v) is 2.61. The number of carbonyl (C=O) groups is 1. The van der Waals surface area contributed by atoms with Crippen molar-refractivity contribution in [3.05, 3.63) is 59.9 Å². The third-order valence-electron chi connectivity index (χ3n) is 3.98. The van der Waals surface area contributed by atoms with Gasteiger partial charge in [0.1, 0.15) is 18.2 Å². The van der Waals surface area contributed by atoms with Crippen molar-refractivity contribution in [2.75, 3.05) is 44.4 Å². The molecule has 1 heterocycles. The molecule has 1 saturated heterocycles. The summed E-state index contributed by atoms with van der Waals surface area (Å²) < 4.78 is 23.6. The Labute approximate surface area is 146 Å². The number of benzene rings is 2. The second kappa shape index (κ2) is 8.48. The van der Waals surface area contributed by atoms with Gasteiger partial charge >= 0.3 is 0 Å². The highest BCUT2D eigenvalue weighted by molar-refractivity contribution is 5.94. The second-order valence-corrected chi connectivity index (χ2v) is 5.70. The van der Waals surface area contributed by atoms with Gasteiger partial charge in [-0.25, -0.2) is 4.39 Å². The van der Waals surface area contributed by atoms with E-state index in [-0.39, 0.29) is 11.7 Å². The molecule has 0 atom stereocenters. The summed E-state index contributed by atoms with van der Waals surface area (Å²) in [6, 6.07) is 13.3. The molecule has 6 heteroatoms. The first-order valence-corrected chi connectivity index (χ1v) is 8.32. The molecule has 0 radical (unpaired) electrons. The van der Waals surface area contributed by atoms with Crippen LogP contribution in [0.4, 0.5) is 10.1 Å². The Bertz CT molecular complexity index is 683. The van der Waals surface area contributed by atoms with Crippen molar-refractivity contribution in [3.63, 3.8) is 0 Å². The molecule has 0 unspecified atom stereocenters. The summed E-state index contributed by atoms with van der Waals surface area (Å²) in [6.07, 6.45) is 0. The lowest BCUT2D eigenvalue weighted by Gasteiger charge is -2.28. The van der Waals surface area contributed by atoms with E-state index in [1.807, 2.05) is 24.3 Å². The van der Waals surface area contributed by atoms with E-state index in [9.17, 15) is 9.18 Å². The van der Waals surface area contributed by atoms with Gasteiger partial charge in [-0.2, -0.15) is 0 Å². The first kappa shape index (κ1) is 17.2. The number of nitrogens with zero attached hydrogens (tertiary/aromatic N) is 1. The Balaban J connectivity index is 1.43. The van der Waals surface area contributed by atoms with Crippen molar-refractivity contribution in [3.8, 4) is 5.75 Å². The molecule has 0 aromatic heterocycles. The van der Waals surface area contributed by atoms with Crippen molar-refractivity contribution in [1.29, 1.82) is 0 Å². The molecule has 5 nitrogen and oxygen atoms in total.